The van der Waals surface area contributed by atoms with Gasteiger partial charge in [0.2, 0.25) is 6.33 Å². The summed E-state index contributed by atoms with van der Waals surface area (Å²) in [5.41, 5.74) is 3.70. The van der Waals surface area contributed by atoms with Crippen LogP contribution in [0.5, 0.6) is 0 Å². The lowest BCUT2D eigenvalue weighted by molar-refractivity contribution is -0.688. The molecule has 0 atom stereocenters. The topological polar surface area (TPSA) is 29.0 Å². The van der Waals surface area contributed by atoms with Gasteiger partial charge in [0, 0.05) is 6.42 Å². The Kier molecular flexibility index (Phi) is 4.66. The van der Waals surface area contributed by atoms with Crippen LogP contribution in [0.1, 0.15) is 16.8 Å². The van der Waals surface area contributed by atoms with Crippen LogP contribution >= 0.6 is 0 Å². The normalized spacial score (nSPS) is 10.8. The lowest BCUT2D eigenvalue weighted by Gasteiger charge is -2.00. The standard InChI is InChI=1S/C19H21N2O/c22-12-11-19-15-20(13-17-7-3-1-4-8-17)16-21(19)14-18-9-5-2-6-10-18/h1-10,15-16,22H,11-14H2/q+1. The molecule has 1 heterocycles. The number of aliphatic hydroxyl groups excluding tert-OH is 1. The number of hydrogen-bond acceptors (Lipinski definition) is 1. The Bertz CT molecular complexity index is 705. The summed E-state index contributed by atoms with van der Waals surface area (Å²) < 4.78 is 4.40. The van der Waals surface area contributed by atoms with Gasteiger partial charge in [-0.05, 0) is 11.1 Å². The quantitative estimate of drug-likeness (QED) is 0.695. The highest BCUT2D eigenvalue weighted by molar-refractivity contribution is 5.16. The minimum atomic E-state index is 0.171. The summed E-state index contributed by atoms with van der Waals surface area (Å²) in [4.78, 5) is 0. The van der Waals surface area contributed by atoms with Gasteiger partial charge in [-0.15, -0.1) is 0 Å². The molecular formula is C19H21N2O+. The molecule has 0 radical (unpaired) electrons. The largest absolute Gasteiger partial charge is 0.396 e. The molecule has 3 rings (SSSR count). The first-order chi connectivity index (χ1) is 10.8. The van der Waals surface area contributed by atoms with Gasteiger partial charge in [-0.25, -0.2) is 9.13 Å². The van der Waals surface area contributed by atoms with Crippen molar-refractivity contribution in [2.45, 2.75) is 19.5 Å². The predicted octanol–water partition coefficient (Wildman–Crippen LogP) is 2.41. The third kappa shape index (κ3) is 3.62. The summed E-state index contributed by atoms with van der Waals surface area (Å²) in [6.45, 7) is 1.85. The van der Waals surface area contributed by atoms with E-state index in [4.69, 9.17) is 0 Å². The van der Waals surface area contributed by atoms with E-state index in [2.05, 4.69) is 70.2 Å². The van der Waals surface area contributed by atoms with Crippen LogP contribution in [0, 0.1) is 0 Å². The van der Waals surface area contributed by atoms with Crippen LogP contribution in [0.3, 0.4) is 0 Å². The Balaban J connectivity index is 1.82. The zero-order valence-electron chi connectivity index (χ0n) is 12.6. The van der Waals surface area contributed by atoms with Crippen molar-refractivity contribution in [2.75, 3.05) is 6.61 Å². The van der Waals surface area contributed by atoms with E-state index >= 15 is 0 Å². The van der Waals surface area contributed by atoms with E-state index in [1.165, 1.54) is 11.1 Å². The Hall–Kier alpha value is -2.39. The maximum atomic E-state index is 9.29. The first-order valence-electron chi connectivity index (χ1n) is 7.62. The van der Waals surface area contributed by atoms with Crippen LogP contribution in [0.4, 0.5) is 0 Å². The number of rotatable bonds is 6. The van der Waals surface area contributed by atoms with Gasteiger partial charge >= 0.3 is 0 Å². The predicted molar refractivity (Wildman–Crippen MR) is 86.5 cm³/mol. The Morgan fingerprint density at radius 3 is 2.14 bits per heavy atom. The molecule has 0 saturated heterocycles. The number of hydrogen-bond donors (Lipinski definition) is 1. The summed E-state index contributed by atoms with van der Waals surface area (Å²) in [7, 11) is 0. The van der Waals surface area contributed by atoms with Gasteiger partial charge in [0.1, 0.15) is 25.0 Å². The van der Waals surface area contributed by atoms with Crippen LogP contribution in [0.15, 0.2) is 73.2 Å². The van der Waals surface area contributed by atoms with Gasteiger partial charge in [-0.3, -0.25) is 0 Å². The Morgan fingerprint density at radius 1 is 0.864 bits per heavy atom. The minimum Gasteiger partial charge on any atom is -0.396 e. The number of benzene rings is 2. The maximum absolute atomic E-state index is 9.29. The molecule has 0 aliphatic rings. The molecule has 0 amide bonds. The van der Waals surface area contributed by atoms with Gasteiger partial charge in [0.25, 0.3) is 0 Å². The molecule has 0 aliphatic heterocycles. The van der Waals surface area contributed by atoms with Crippen molar-refractivity contribution >= 4 is 0 Å². The van der Waals surface area contributed by atoms with E-state index in [0.29, 0.717) is 6.42 Å². The van der Waals surface area contributed by atoms with Gasteiger partial charge in [0.15, 0.2) is 0 Å². The molecule has 3 aromatic rings. The van der Waals surface area contributed by atoms with E-state index < -0.39 is 0 Å². The van der Waals surface area contributed by atoms with Crippen LogP contribution in [-0.4, -0.2) is 16.3 Å². The van der Waals surface area contributed by atoms with Crippen LogP contribution in [0.25, 0.3) is 0 Å². The second kappa shape index (κ2) is 7.05. The van der Waals surface area contributed by atoms with Gasteiger partial charge < -0.3 is 5.11 Å². The lowest BCUT2D eigenvalue weighted by atomic mass is 10.2. The Morgan fingerprint density at radius 2 is 1.50 bits per heavy atom. The molecule has 0 saturated carbocycles. The minimum absolute atomic E-state index is 0.171. The van der Waals surface area contributed by atoms with E-state index in [9.17, 15) is 5.11 Å². The summed E-state index contributed by atoms with van der Waals surface area (Å²) in [6.07, 6.45) is 4.94. The number of aromatic nitrogens is 2. The van der Waals surface area contributed by atoms with Gasteiger partial charge in [0.05, 0.1) is 6.61 Å². The third-order valence-electron chi connectivity index (χ3n) is 3.74. The highest BCUT2D eigenvalue weighted by Crippen LogP contribution is 2.07. The monoisotopic (exact) mass is 293 g/mol. The fraction of sp³-hybridized carbons (Fsp3) is 0.211. The first-order valence-corrected chi connectivity index (χ1v) is 7.62. The summed E-state index contributed by atoms with van der Waals surface area (Å²) in [5.74, 6) is 0. The van der Waals surface area contributed by atoms with Crippen molar-refractivity contribution < 1.29 is 9.67 Å². The molecule has 0 aliphatic carbocycles. The number of imidazole rings is 1. The van der Waals surface area contributed by atoms with Crippen LogP contribution < -0.4 is 4.57 Å². The molecule has 2 aromatic carbocycles. The fourth-order valence-electron chi connectivity index (χ4n) is 2.68. The van der Waals surface area contributed by atoms with Crippen LogP contribution in [0.2, 0.25) is 0 Å². The zero-order chi connectivity index (χ0) is 15.2. The summed E-state index contributed by atoms with van der Waals surface area (Å²) in [5, 5.41) is 9.29. The van der Waals surface area contributed by atoms with Crippen molar-refractivity contribution in [3.8, 4) is 0 Å². The molecule has 22 heavy (non-hydrogen) atoms. The smallest absolute Gasteiger partial charge is 0.244 e. The molecular weight excluding hydrogens is 272 g/mol. The van der Waals surface area contributed by atoms with Gasteiger partial charge in [-0.1, -0.05) is 60.7 Å². The molecule has 112 valence electrons. The molecule has 0 bridgehead atoms. The second-order valence-electron chi connectivity index (χ2n) is 5.48. The average Bonchev–Trinajstić information content (AvgIpc) is 2.91. The van der Waals surface area contributed by atoms with E-state index in [1.54, 1.807) is 0 Å². The average molecular weight is 293 g/mol. The molecule has 0 spiro atoms. The fourth-order valence-corrected chi connectivity index (χ4v) is 2.68. The SMILES string of the molecule is OCCc1c[n+](Cc2ccccc2)cn1Cc1ccccc1. The van der Waals surface area contributed by atoms with E-state index in [1.807, 2.05) is 12.1 Å². The second-order valence-corrected chi connectivity index (χ2v) is 5.48. The lowest BCUT2D eigenvalue weighted by Crippen LogP contribution is -2.31. The molecule has 3 nitrogen and oxygen atoms in total. The van der Waals surface area contributed by atoms with Crippen molar-refractivity contribution in [1.82, 2.24) is 4.57 Å². The van der Waals surface area contributed by atoms with Crippen LogP contribution in [-0.2, 0) is 19.5 Å². The van der Waals surface area contributed by atoms with Crippen molar-refractivity contribution in [1.29, 1.82) is 0 Å². The maximum Gasteiger partial charge on any atom is 0.244 e. The molecule has 1 N–H and O–H groups in total. The number of aliphatic hydroxyl groups is 1. The first kappa shape index (κ1) is 14.5. The van der Waals surface area contributed by atoms with Crippen molar-refractivity contribution in [3.63, 3.8) is 0 Å². The molecule has 1 aromatic heterocycles. The zero-order valence-corrected chi connectivity index (χ0v) is 12.6. The molecule has 0 unspecified atom stereocenters. The highest BCUT2D eigenvalue weighted by atomic mass is 16.3. The summed E-state index contributed by atoms with van der Waals surface area (Å²) >= 11 is 0. The molecule has 0 fully saturated rings. The van der Waals surface area contributed by atoms with Crippen molar-refractivity contribution in [3.05, 3.63) is 90.0 Å². The number of nitrogens with zero attached hydrogens (tertiary/aromatic N) is 2. The Labute approximate surface area is 131 Å². The van der Waals surface area contributed by atoms with Gasteiger partial charge in [-0.2, -0.15) is 0 Å². The third-order valence-corrected chi connectivity index (χ3v) is 3.74. The molecule has 3 heteroatoms. The highest BCUT2D eigenvalue weighted by Gasteiger charge is 2.13. The van der Waals surface area contributed by atoms with E-state index in [-0.39, 0.29) is 6.61 Å². The van der Waals surface area contributed by atoms with E-state index in [0.717, 1.165) is 18.8 Å². The van der Waals surface area contributed by atoms with Crippen molar-refractivity contribution in [2.24, 2.45) is 0 Å². The summed E-state index contributed by atoms with van der Waals surface area (Å²) in [6, 6.07) is 20.8.